The van der Waals surface area contributed by atoms with Crippen LogP contribution in [-0.4, -0.2) is 6.54 Å². The second-order valence-electron chi connectivity index (χ2n) is 4.82. The van der Waals surface area contributed by atoms with E-state index < -0.39 is 0 Å². The number of benzene rings is 3. The third kappa shape index (κ3) is 2.80. The summed E-state index contributed by atoms with van der Waals surface area (Å²) in [6.07, 6.45) is 0.943. The second kappa shape index (κ2) is 5.74. The van der Waals surface area contributed by atoms with Crippen molar-refractivity contribution in [2.75, 3.05) is 11.9 Å². The Labute approximate surface area is 118 Å². The molecule has 0 aromatic heterocycles. The summed E-state index contributed by atoms with van der Waals surface area (Å²) in [5.41, 5.74) is 2.28. The van der Waals surface area contributed by atoms with Crippen LogP contribution in [0, 0.1) is 5.82 Å². The zero-order valence-electron chi connectivity index (χ0n) is 11.1. The summed E-state index contributed by atoms with van der Waals surface area (Å²) in [5, 5.41) is 5.89. The second-order valence-corrected chi connectivity index (χ2v) is 4.82. The molecule has 3 aromatic rings. The number of fused-ring (bicyclic) bond motifs is 1. The first-order chi connectivity index (χ1) is 9.83. The van der Waals surface area contributed by atoms with E-state index in [1.54, 1.807) is 12.1 Å². The normalized spacial score (nSPS) is 10.7. The fourth-order valence-corrected chi connectivity index (χ4v) is 2.42. The lowest BCUT2D eigenvalue weighted by Gasteiger charge is -2.09. The molecule has 100 valence electrons. The van der Waals surface area contributed by atoms with Crippen LogP contribution in [0.2, 0.25) is 0 Å². The standard InChI is InChI=1S/C18H16FN/c19-16-8-10-17(11-9-16)20-13-12-15-6-3-5-14-4-1-2-7-18(14)15/h1-11,20H,12-13H2. The van der Waals surface area contributed by atoms with Gasteiger partial charge in [-0.3, -0.25) is 0 Å². The Kier molecular flexibility index (Phi) is 3.64. The molecule has 0 aliphatic carbocycles. The molecule has 0 bridgehead atoms. The van der Waals surface area contributed by atoms with Crippen LogP contribution in [0.25, 0.3) is 10.8 Å². The van der Waals surface area contributed by atoms with E-state index in [0.717, 1.165) is 18.7 Å². The fourth-order valence-electron chi connectivity index (χ4n) is 2.42. The molecule has 1 nitrogen and oxygen atoms in total. The van der Waals surface area contributed by atoms with Crippen molar-refractivity contribution in [3.8, 4) is 0 Å². The van der Waals surface area contributed by atoms with E-state index in [1.165, 1.54) is 28.5 Å². The van der Waals surface area contributed by atoms with Crippen LogP contribution in [0.15, 0.2) is 66.7 Å². The molecule has 2 heteroatoms. The molecule has 0 heterocycles. The van der Waals surface area contributed by atoms with Crippen LogP contribution >= 0.6 is 0 Å². The van der Waals surface area contributed by atoms with Crippen molar-refractivity contribution in [2.24, 2.45) is 0 Å². The van der Waals surface area contributed by atoms with Crippen molar-refractivity contribution in [3.05, 3.63) is 78.1 Å². The van der Waals surface area contributed by atoms with Crippen molar-refractivity contribution in [2.45, 2.75) is 6.42 Å². The molecule has 0 saturated heterocycles. The van der Waals surface area contributed by atoms with Crippen LogP contribution < -0.4 is 5.32 Å². The maximum atomic E-state index is 12.8. The molecular weight excluding hydrogens is 249 g/mol. The van der Waals surface area contributed by atoms with Gasteiger partial charge in [-0.1, -0.05) is 42.5 Å². The molecule has 3 rings (SSSR count). The zero-order chi connectivity index (χ0) is 13.8. The summed E-state index contributed by atoms with van der Waals surface area (Å²) < 4.78 is 12.8. The molecule has 20 heavy (non-hydrogen) atoms. The average Bonchev–Trinajstić information content (AvgIpc) is 2.49. The van der Waals surface area contributed by atoms with Crippen LogP contribution in [0.3, 0.4) is 0 Å². The first-order valence-corrected chi connectivity index (χ1v) is 6.79. The lowest BCUT2D eigenvalue weighted by atomic mass is 10.0. The highest BCUT2D eigenvalue weighted by Gasteiger charge is 2.00. The largest absolute Gasteiger partial charge is 0.385 e. The monoisotopic (exact) mass is 265 g/mol. The molecule has 3 aromatic carbocycles. The Hall–Kier alpha value is -2.35. The van der Waals surface area contributed by atoms with E-state index in [9.17, 15) is 4.39 Å². The van der Waals surface area contributed by atoms with Gasteiger partial charge in [-0.25, -0.2) is 4.39 Å². The molecule has 0 aliphatic heterocycles. The predicted octanol–water partition coefficient (Wildman–Crippen LogP) is 4.63. The van der Waals surface area contributed by atoms with E-state index in [0.29, 0.717) is 0 Å². The molecule has 0 fully saturated rings. The minimum Gasteiger partial charge on any atom is -0.385 e. The lowest BCUT2D eigenvalue weighted by Crippen LogP contribution is -2.05. The summed E-state index contributed by atoms with van der Waals surface area (Å²) in [5.74, 6) is -0.204. The minimum atomic E-state index is -0.204. The number of anilines is 1. The Bertz CT molecular complexity index is 699. The van der Waals surface area contributed by atoms with Crippen LogP contribution in [0.5, 0.6) is 0 Å². The summed E-state index contributed by atoms with van der Waals surface area (Å²) in [6, 6.07) is 21.3. The van der Waals surface area contributed by atoms with Gasteiger partial charge in [0, 0.05) is 12.2 Å². The van der Waals surface area contributed by atoms with E-state index in [2.05, 4.69) is 47.8 Å². The SMILES string of the molecule is Fc1ccc(NCCc2cccc3ccccc23)cc1. The average molecular weight is 265 g/mol. The van der Waals surface area contributed by atoms with Gasteiger partial charge < -0.3 is 5.32 Å². The van der Waals surface area contributed by atoms with E-state index in [-0.39, 0.29) is 5.82 Å². The van der Waals surface area contributed by atoms with Crippen LogP contribution in [0.4, 0.5) is 10.1 Å². The van der Waals surface area contributed by atoms with Crippen molar-refractivity contribution >= 4 is 16.5 Å². The number of nitrogens with one attached hydrogen (secondary N) is 1. The number of hydrogen-bond donors (Lipinski definition) is 1. The summed E-state index contributed by atoms with van der Waals surface area (Å²) >= 11 is 0. The number of rotatable bonds is 4. The molecule has 0 amide bonds. The molecule has 0 spiro atoms. The molecule has 0 unspecified atom stereocenters. The number of hydrogen-bond acceptors (Lipinski definition) is 1. The Balaban J connectivity index is 1.69. The van der Waals surface area contributed by atoms with Gasteiger partial charge in [0.25, 0.3) is 0 Å². The lowest BCUT2D eigenvalue weighted by molar-refractivity contribution is 0.628. The Morgan fingerprint density at radius 2 is 1.55 bits per heavy atom. The molecule has 1 N–H and O–H groups in total. The minimum absolute atomic E-state index is 0.204. The highest BCUT2D eigenvalue weighted by Crippen LogP contribution is 2.19. The third-order valence-corrected chi connectivity index (χ3v) is 3.45. The zero-order valence-corrected chi connectivity index (χ0v) is 11.1. The predicted molar refractivity (Wildman–Crippen MR) is 82.5 cm³/mol. The molecule has 0 saturated carbocycles. The van der Waals surface area contributed by atoms with Crippen LogP contribution in [0.1, 0.15) is 5.56 Å². The number of halogens is 1. The van der Waals surface area contributed by atoms with Gasteiger partial charge in [0.1, 0.15) is 5.82 Å². The summed E-state index contributed by atoms with van der Waals surface area (Å²) in [6.45, 7) is 0.833. The summed E-state index contributed by atoms with van der Waals surface area (Å²) in [4.78, 5) is 0. The highest BCUT2D eigenvalue weighted by atomic mass is 19.1. The van der Waals surface area contributed by atoms with Crippen molar-refractivity contribution in [1.82, 2.24) is 0 Å². The van der Waals surface area contributed by atoms with Crippen molar-refractivity contribution in [1.29, 1.82) is 0 Å². The van der Waals surface area contributed by atoms with E-state index >= 15 is 0 Å². The maximum Gasteiger partial charge on any atom is 0.123 e. The van der Waals surface area contributed by atoms with Crippen molar-refractivity contribution in [3.63, 3.8) is 0 Å². The van der Waals surface area contributed by atoms with Gasteiger partial charge in [-0.15, -0.1) is 0 Å². The van der Waals surface area contributed by atoms with Gasteiger partial charge in [-0.05, 0) is 47.0 Å². The first kappa shape index (κ1) is 12.7. The molecular formula is C18H16FN. The Morgan fingerprint density at radius 3 is 2.40 bits per heavy atom. The molecule has 0 aliphatic rings. The van der Waals surface area contributed by atoms with Gasteiger partial charge in [-0.2, -0.15) is 0 Å². The fraction of sp³-hybridized carbons (Fsp3) is 0.111. The van der Waals surface area contributed by atoms with Crippen molar-refractivity contribution < 1.29 is 4.39 Å². The van der Waals surface area contributed by atoms with E-state index in [4.69, 9.17) is 0 Å². The molecule has 0 atom stereocenters. The first-order valence-electron chi connectivity index (χ1n) is 6.79. The van der Waals surface area contributed by atoms with E-state index in [1.807, 2.05) is 0 Å². The quantitative estimate of drug-likeness (QED) is 0.725. The summed E-state index contributed by atoms with van der Waals surface area (Å²) in [7, 11) is 0. The smallest absolute Gasteiger partial charge is 0.123 e. The Morgan fingerprint density at radius 1 is 0.800 bits per heavy atom. The third-order valence-electron chi connectivity index (χ3n) is 3.45. The molecule has 0 radical (unpaired) electrons. The topological polar surface area (TPSA) is 12.0 Å². The van der Waals surface area contributed by atoms with Gasteiger partial charge >= 0.3 is 0 Å². The van der Waals surface area contributed by atoms with Gasteiger partial charge in [0.2, 0.25) is 0 Å². The van der Waals surface area contributed by atoms with Gasteiger partial charge in [0.15, 0.2) is 0 Å². The van der Waals surface area contributed by atoms with Gasteiger partial charge in [0.05, 0.1) is 0 Å². The van der Waals surface area contributed by atoms with Crippen LogP contribution in [-0.2, 0) is 6.42 Å². The highest BCUT2D eigenvalue weighted by molar-refractivity contribution is 5.85. The maximum absolute atomic E-state index is 12.8.